The molecule has 16 heavy (non-hydrogen) atoms. The summed E-state index contributed by atoms with van der Waals surface area (Å²) in [6.45, 7) is 4.30. The number of carboxylic acid groups (broad SMARTS) is 1. The maximum Gasteiger partial charge on any atom is 0.323 e. The van der Waals surface area contributed by atoms with Crippen molar-refractivity contribution in [3.8, 4) is 0 Å². The largest absolute Gasteiger partial charge is 0.480 e. The van der Waals surface area contributed by atoms with E-state index in [0.717, 1.165) is 10.9 Å². The lowest BCUT2D eigenvalue weighted by atomic mass is 9.99. The number of hydrogen-bond donors (Lipinski definition) is 1. The van der Waals surface area contributed by atoms with E-state index < -0.39 is 5.97 Å². The molecule has 0 fully saturated rings. The number of benzene rings is 1. The molecular weight excluding hydrogens is 202 g/mol. The zero-order valence-corrected chi connectivity index (χ0v) is 9.47. The monoisotopic (exact) mass is 217 g/mol. The second kappa shape index (κ2) is 4.00. The highest BCUT2D eigenvalue weighted by Crippen LogP contribution is 2.26. The number of nitrogens with zero attached hydrogens (tertiary/aromatic N) is 1. The van der Waals surface area contributed by atoms with Crippen LogP contribution in [-0.4, -0.2) is 15.6 Å². The predicted octanol–water partition coefficient (Wildman–Crippen LogP) is 2.85. The van der Waals surface area contributed by atoms with Gasteiger partial charge in [-0.25, -0.2) is 0 Å². The van der Waals surface area contributed by atoms with Gasteiger partial charge in [-0.2, -0.15) is 0 Å². The van der Waals surface area contributed by atoms with E-state index in [-0.39, 0.29) is 6.54 Å². The molecule has 3 heteroatoms. The molecule has 1 aromatic carbocycles. The summed E-state index contributed by atoms with van der Waals surface area (Å²) in [6, 6.07) is 8.03. The number of carboxylic acids is 1. The zero-order valence-electron chi connectivity index (χ0n) is 9.47. The number of aliphatic carboxylic acids is 1. The molecular formula is C13H15NO2. The van der Waals surface area contributed by atoms with Crippen molar-refractivity contribution in [3.05, 3.63) is 36.0 Å². The Morgan fingerprint density at radius 1 is 1.38 bits per heavy atom. The Bertz CT molecular complexity index is 526. The number of rotatable bonds is 3. The summed E-state index contributed by atoms with van der Waals surface area (Å²) in [4.78, 5) is 10.7. The van der Waals surface area contributed by atoms with Gasteiger partial charge in [-0.1, -0.05) is 26.0 Å². The first-order valence-corrected chi connectivity index (χ1v) is 5.39. The molecule has 2 aromatic rings. The van der Waals surface area contributed by atoms with Gasteiger partial charge in [-0.15, -0.1) is 0 Å². The van der Waals surface area contributed by atoms with Gasteiger partial charge in [-0.05, 0) is 23.6 Å². The molecule has 0 saturated heterocycles. The van der Waals surface area contributed by atoms with Crippen molar-refractivity contribution in [1.29, 1.82) is 0 Å². The second-order valence-electron chi connectivity index (χ2n) is 4.27. The summed E-state index contributed by atoms with van der Waals surface area (Å²) in [6.07, 6.45) is 1.84. The third-order valence-electron chi connectivity index (χ3n) is 2.78. The molecule has 0 radical (unpaired) electrons. The first-order valence-electron chi connectivity index (χ1n) is 5.39. The molecule has 0 amide bonds. The Morgan fingerprint density at radius 2 is 2.12 bits per heavy atom. The normalized spacial score (nSPS) is 11.2. The van der Waals surface area contributed by atoms with Crippen molar-refractivity contribution in [2.75, 3.05) is 0 Å². The Morgan fingerprint density at radius 3 is 2.75 bits per heavy atom. The zero-order chi connectivity index (χ0) is 11.7. The maximum absolute atomic E-state index is 10.7. The quantitative estimate of drug-likeness (QED) is 0.859. The van der Waals surface area contributed by atoms with Gasteiger partial charge >= 0.3 is 5.97 Å². The minimum atomic E-state index is -0.813. The van der Waals surface area contributed by atoms with Crippen LogP contribution in [0.3, 0.4) is 0 Å². The Balaban J connectivity index is 2.57. The van der Waals surface area contributed by atoms with Crippen molar-refractivity contribution in [2.24, 2.45) is 0 Å². The van der Waals surface area contributed by atoms with Crippen LogP contribution in [0, 0.1) is 0 Å². The van der Waals surface area contributed by atoms with E-state index in [1.807, 2.05) is 24.4 Å². The highest BCUT2D eigenvalue weighted by Gasteiger charge is 2.09. The fourth-order valence-electron chi connectivity index (χ4n) is 2.03. The third kappa shape index (κ3) is 1.81. The van der Waals surface area contributed by atoms with Crippen molar-refractivity contribution >= 4 is 16.9 Å². The van der Waals surface area contributed by atoms with E-state index in [1.54, 1.807) is 4.57 Å². The summed E-state index contributed by atoms with van der Waals surface area (Å²) < 4.78 is 1.77. The van der Waals surface area contributed by atoms with Crippen LogP contribution in [-0.2, 0) is 11.3 Å². The maximum atomic E-state index is 10.7. The standard InChI is InChI=1S/C13H15NO2/c1-9(2)10-4-3-5-12-11(10)6-7-14(12)8-13(15)16/h3-7,9H,8H2,1-2H3,(H,15,16). The summed E-state index contributed by atoms with van der Waals surface area (Å²) in [7, 11) is 0. The van der Waals surface area contributed by atoms with Crippen molar-refractivity contribution < 1.29 is 9.90 Å². The van der Waals surface area contributed by atoms with Crippen LogP contribution in [0.2, 0.25) is 0 Å². The molecule has 3 nitrogen and oxygen atoms in total. The molecule has 2 rings (SSSR count). The predicted molar refractivity (Wildman–Crippen MR) is 63.7 cm³/mol. The van der Waals surface area contributed by atoms with Crippen LogP contribution >= 0.6 is 0 Å². The van der Waals surface area contributed by atoms with Gasteiger partial charge in [0.2, 0.25) is 0 Å². The number of carbonyl (C=O) groups is 1. The molecule has 0 aliphatic rings. The smallest absolute Gasteiger partial charge is 0.323 e. The van der Waals surface area contributed by atoms with Crippen molar-refractivity contribution in [3.63, 3.8) is 0 Å². The Hall–Kier alpha value is -1.77. The van der Waals surface area contributed by atoms with Gasteiger partial charge < -0.3 is 9.67 Å². The van der Waals surface area contributed by atoms with Crippen LogP contribution in [0.15, 0.2) is 30.5 Å². The molecule has 1 heterocycles. The molecule has 84 valence electrons. The lowest BCUT2D eigenvalue weighted by Crippen LogP contribution is -2.07. The van der Waals surface area contributed by atoms with Crippen LogP contribution in [0.25, 0.3) is 10.9 Å². The average Bonchev–Trinajstić information content (AvgIpc) is 2.60. The number of hydrogen-bond acceptors (Lipinski definition) is 1. The van der Waals surface area contributed by atoms with Gasteiger partial charge in [0.05, 0.1) is 0 Å². The van der Waals surface area contributed by atoms with Crippen molar-refractivity contribution in [1.82, 2.24) is 4.57 Å². The van der Waals surface area contributed by atoms with E-state index in [2.05, 4.69) is 19.9 Å². The second-order valence-corrected chi connectivity index (χ2v) is 4.27. The Kier molecular flexibility index (Phi) is 2.69. The minimum absolute atomic E-state index is 0.0189. The van der Waals surface area contributed by atoms with Crippen LogP contribution in [0.1, 0.15) is 25.3 Å². The van der Waals surface area contributed by atoms with E-state index >= 15 is 0 Å². The SMILES string of the molecule is CC(C)c1cccc2c1ccn2CC(=O)O. The highest BCUT2D eigenvalue weighted by molar-refractivity contribution is 5.85. The molecule has 0 aliphatic carbocycles. The van der Waals surface area contributed by atoms with Crippen LogP contribution < -0.4 is 0 Å². The summed E-state index contributed by atoms with van der Waals surface area (Å²) in [5.74, 6) is -0.364. The fourth-order valence-corrected chi connectivity index (χ4v) is 2.03. The first kappa shape index (κ1) is 10.7. The highest BCUT2D eigenvalue weighted by atomic mass is 16.4. The lowest BCUT2D eigenvalue weighted by molar-refractivity contribution is -0.137. The third-order valence-corrected chi connectivity index (χ3v) is 2.78. The van der Waals surface area contributed by atoms with Gasteiger partial charge in [0, 0.05) is 17.1 Å². The molecule has 0 bridgehead atoms. The Labute approximate surface area is 94.3 Å². The molecule has 1 N–H and O–H groups in total. The average molecular weight is 217 g/mol. The van der Waals surface area contributed by atoms with E-state index in [0.29, 0.717) is 5.92 Å². The van der Waals surface area contributed by atoms with E-state index in [1.165, 1.54) is 5.56 Å². The van der Waals surface area contributed by atoms with E-state index in [4.69, 9.17) is 5.11 Å². The topological polar surface area (TPSA) is 42.2 Å². The summed E-state index contributed by atoms with van der Waals surface area (Å²) in [5, 5.41) is 9.95. The fraction of sp³-hybridized carbons (Fsp3) is 0.308. The summed E-state index contributed by atoms with van der Waals surface area (Å²) >= 11 is 0. The first-order chi connectivity index (χ1) is 7.59. The number of fused-ring (bicyclic) bond motifs is 1. The molecule has 0 saturated carbocycles. The van der Waals surface area contributed by atoms with E-state index in [9.17, 15) is 4.79 Å². The van der Waals surface area contributed by atoms with Crippen molar-refractivity contribution in [2.45, 2.75) is 26.3 Å². The number of aromatic nitrogens is 1. The van der Waals surface area contributed by atoms with Gasteiger partial charge in [0.15, 0.2) is 0 Å². The van der Waals surface area contributed by atoms with Gasteiger partial charge in [0.1, 0.15) is 6.54 Å². The van der Waals surface area contributed by atoms with Crippen LogP contribution in [0.4, 0.5) is 0 Å². The van der Waals surface area contributed by atoms with Crippen LogP contribution in [0.5, 0.6) is 0 Å². The van der Waals surface area contributed by atoms with Gasteiger partial charge in [0.25, 0.3) is 0 Å². The van der Waals surface area contributed by atoms with Gasteiger partial charge in [-0.3, -0.25) is 4.79 Å². The molecule has 0 atom stereocenters. The molecule has 0 unspecified atom stereocenters. The molecule has 1 aromatic heterocycles. The molecule has 0 spiro atoms. The lowest BCUT2D eigenvalue weighted by Gasteiger charge is -2.08. The minimum Gasteiger partial charge on any atom is -0.480 e. The summed E-state index contributed by atoms with van der Waals surface area (Å²) in [5.41, 5.74) is 2.26. The molecule has 0 aliphatic heterocycles.